The van der Waals surface area contributed by atoms with Crippen molar-refractivity contribution in [3.63, 3.8) is 0 Å². The van der Waals surface area contributed by atoms with Crippen molar-refractivity contribution in [3.8, 4) is 0 Å². The SMILES string of the molecule is CC(C)C(NC(=O)C1CCN(C(=O)N(C)C)CC1)c1cccc(C(F)(F)F)c1. The third-order valence-electron chi connectivity index (χ3n) is 5.06. The molecule has 1 aromatic carbocycles. The van der Waals surface area contributed by atoms with E-state index in [-0.39, 0.29) is 23.8 Å². The van der Waals surface area contributed by atoms with Gasteiger partial charge in [-0.3, -0.25) is 4.79 Å². The summed E-state index contributed by atoms with van der Waals surface area (Å²) in [5, 5.41) is 2.93. The Kier molecular flexibility index (Phi) is 6.96. The number of rotatable bonds is 4. The molecule has 156 valence electrons. The number of nitrogens with zero attached hydrogens (tertiary/aromatic N) is 2. The number of amides is 3. The molecule has 1 fully saturated rings. The van der Waals surface area contributed by atoms with Gasteiger partial charge in [0.25, 0.3) is 0 Å². The van der Waals surface area contributed by atoms with E-state index in [0.29, 0.717) is 31.5 Å². The Labute approximate surface area is 163 Å². The van der Waals surface area contributed by atoms with E-state index in [4.69, 9.17) is 0 Å². The van der Waals surface area contributed by atoms with E-state index in [0.717, 1.165) is 12.1 Å². The molecule has 1 aromatic rings. The van der Waals surface area contributed by atoms with Gasteiger partial charge in [-0.2, -0.15) is 13.2 Å². The number of carbonyl (C=O) groups is 2. The maximum atomic E-state index is 13.0. The first-order valence-electron chi connectivity index (χ1n) is 9.44. The quantitative estimate of drug-likeness (QED) is 0.835. The van der Waals surface area contributed by atoms with Crippen LogP contribution in [0.15, 0.2) is 24.3 Å². The van der Waals surface area contributed by atoms with E-state index in [1.165, 1.54) is 11.0 Å². The van der Waals surface area contributed by atoms with Crippen molar-refractivity contribution in [2.24, 2.45) is 11.8 Å². The molecule has 1 aliphatic heterocycles. The van der Waals surface area contributed by atoms with Gasteiger partial charge < -0.3 is 15.1 Å². The Morgan fingerprint density at radius 1 is 1.18 bits per heavy atom. The minimum Gasteiger partial charge on any atom is -0.349 e. The lowest BCUT2D eigenvalue weighted by Gasteiger charge is -2.34. The van der Waals surface area contributed by atoms with E-state index in [9.17, 15) is 22.8 Å². The molecule has 3 amide bonds. The van der Waals surface area contributed by atoms with Crippen LogP contribution in [0.4, 0.5) is 18.0 Å². The molecule has 0 radical (unpaired) electrons. The Bertz CT molecular complexity index is 696. The average molecular weight is 399 g/mol. The van der Waals surface area contributed by atoms with Crippen molar-refractivity contribution in [3.05, 3.63) is 35.4 Å². The van der Waals surface area contributed by atoms with Crippen LogP contribution in [0.25, 0.3) is 0 Å². The molecule has 0 bridgehead atoms. The lowest BCUT2D eigenvalue weighted by molar-refractivity contribution is -0.137. The molecular weight excluding hydrogens is 371 g/mol. The van der Waals surface area contributed by atoms with Gasteiger partial charge in [-0.25, -0.2) is 4.79 Å². The molecule has 0 aromatic heterocycles. The number of halogens is 3. The summed E-state index contributed by atoms with van der Waals surface area (Å²) in [4.78, 5) is 27.9. The van der Waals surface area contributed by atoms with Crippen molar-refractivity contribution in [1.82, 2.24) is 15.1 Å². The Hall–Kier alpha value is -2.25. The monoisotopic (exact) mass is 399 g/mol. The number of urea groups is 1. The van der Waals surface area contributed by atoms with Gasteiger partial charge in [-0.05, 0) is 36.5 Å². The predicted octanol–water partition coefficient (Wildman–Crippen LogP) is 3.91. The van der Waals surface area contributed by atoms with E-state index in [1.807, 2.05) is 13.8 Å². The molecule has 1 saturated heterocycles. The molecule has 5 nitrogen and oxygen atoms in total. The lowest BCUT2D eigenvalue weighted by Crippen LogP contribution is -2.47. The highest BCUT2D eigenvalue weighted by atomic mass is 19.4. The summed E-state index contributed by atoms with van der Waals surface area (Å²) in [5.74, 6) is -0.492. The van der Waals surface area contributed by atoms with E-state index < -0.39 is 17.8 Å². The topological polar surface area (TPSA) is 52.7 Å². The summed E-state index contributed by atoms with van der Waals surface area (Å²) in [7, 11) is 3.37. The molecule has 1 heterocycles. The van der Waals surface area contributed by atoms with Crippen LogP contribution in [0.5, 0.6) is 0 Å². The smallest absolute Gasteiger partial charge is 0.349 e. The second-order valence-corrected chi connectivity index (χ2v) is 7.79. The molecule has 0 aliphatic carbocycles. The Balaban J connectivity index is 2.05. The van der Waals surface area contributed by atoms with Crippen LogP contribution in [0.1, 0.15) is 43.9 Å². The summed E-state index contributed by atoms with van der Waals surface area (Å²) >= 11 is 0. The summed E-state index contributed by atoms with van der Waals surface area (Å²) in [6, 6.07) is 4.52. The predicted molar refractivity (Wildman–Crippen MR) is 101 cm³/mol. The molecule has 1 unspecified atom stereocenters. The average Bonchev–Trinajstić information content (AvgIpc) is 2.64. The highest BCUT2D eigenvalue weighted by Gasteiger charge is 2.33. The van der Waals surface area contributed by atoms with Gasteiger partial charge in [-0.1, -0.05) is 26.0 Å². The summed E-state index contributed by atoms with van der Waals surface area (Å²) in [6.07, 6.45) is -3.34. The first-order valence-corrected chi connectivity index (χ1v) is 9.44. The van der Waals surface area contributed by atoms with Gasteiger partial charge >= 0.3 is 12.2 Å². The standard InChI is InChI=1S/C20H28F3N3O2/c1-13(2)17(15-6-5-7-16(12-15)20(21,22)23)24-18(27)14-8-10-26(11-9-14)19(28)25(3)4/h5-7,12-14,17H,8-11H2,1-4H3,(H,24,27). The first kappa shape index (κ1) is 22.0. The number of piperidine rings is 1. The fourth-order valence-corrected chi connectivity index (χ4v) is 3.43. The number of likely N-dealkylation sites (tertiary alicyclic amines) is 1. The van der Waals surface area contributed by atoms with Crippen LogP contribution in [-0.4, -0.2) is 48.9 Å². The second-order valence-electron chi connectivity index (χ2n) is 7.79. The number of benzene rings is 1. The molecule has 28 heavy (non-hydrogen) atoms. The lowest BCUT2D eigenvalue weighted by atomic mass is 9.91. The number of carbonyl (C=O) groups excluding carboxylic acids is 2. The van der Waals surface area contributed by atoms with Crippen molar-refractivity contribution < 1.29 is 22.8 Å². The fourth-order valence-electron chi connectivity index (χ4n) is 3.43. The first-order chi connectivity index (χ1) is 13.0. The molecule has 1 N–H and O–H groups in total. The molecule has 1 atom stereocenters. The van der Waals surface area contributed by atoms with Crippen molar-refractivity contribution in [2.45, 2.75) is 38.9 Å². The molecular formula is C20H28F3N3O2. The molecule has 1 aliphatic rings. The van der Waals surface area contributed by atoms with Gasteiger partial charge in [0.15, 0.2) is 0 Å². The maximum Gasteiger partial charge on any atom is 0.416 e. The zero-order valence-electron chi connectivity index (χ0n) is 16.7. The van der Waals surface area contributed by atoms with Crippen LogP contribution >= 0.6 is 0 Å². The largest absolute Gasteiger partial charge is 0.416 e. The highest BCUT2D eigenvalue weighted by Crippen LogP contribution is 2.32. The molecule has 2 rings (SSSR count). The zero-order chi connectivity index (χ0) is 21.1. The van der Waals surface area contributed by atoms with Crippen molar-refractivity contribution >= 4 is 11.9 Å². The van der Waals surface area contributed by atoms with E-state index >= 15 is 0 Å². The van der Waals surface area contributed by atoms with Crippen molar-refractivity contribution in [2.75, 3.05) is 27.2 Å². The van der Waals surface area contributed by atoms with Crippen LogP contribution in [0, 0.1) is 11.8 Å². The number of hydrogen-bond donors (Lipinski definition) is 1. The normalized spacial score (nSPS) is 16.8. The third kappa shape index (κ3) is 5.39. The highest BCUT2D eigenvalue weighted by molar-refractivity contribution is 5.80. The number of hydrogen-bond acceptors (Lipinski definition) is 2. The van der Waals surface area contributed by atoms with Gasteiger partial charge in [0.2, 0.25) is 5.91 Å². The Morgan fingerprint density at radius 2 is 1.79 bits per heavy atom. The van der Waals surface area contributed by atoms with Crippen LogP contribution in [0.2, 0.25) is 0 Å². The molecule has 0 spiro atoms. The second kappa shape index (κ2) is 8.84. The zero-order valence-corrected chi connectivity index (χ0v) is 16.7. The third-order valence-corrected chi connectivity index (χ3v) is 5.06. The molecule has 0 saturated carbocycles. The van der Waals surface area contributed by atoms with Gasteiger partial charge in [-0.15, -0.1) is 0 Å². The van der Waals surface area contributed by atoms with E-state index in [1.54, 1.807) is 25.1 Å². The van der Waals surface area contributed by atoms with Crippen LogP contribution in [0.3, 0.4) is 0 Å². The summed E-state index contributed by atoms with van der Waals surface area (Å²) in [5.41, 5.74) is -0.279. The fraction of sp³-hybridized carbons (Fsp3) is 0.600. The summed E-state index contributed by atoms with van der Waals surface area (Å²) < 4.78 is 39.1. The number of alkyl halides is 3. The van der Waals surface area contributed by atoms with Crippen LogP contribution in [-0.2, 0) is 11.0 Å². The van der Waals surface area contributed by atoms with E-state index in [2.05, 4.69) is 5.32 Å². The van der Waals surface area contributed by atoms with Crippen molar-refractivity contribution in [1.29, 1.82) is 0 Å². The van der Waals surface area contributed by atoms with Gasteiger partial charge in [0, 0.05) is 33.1 Å². The van der Waals surface area contributed by atoms with Crippen LogP contribution < -0.4 is 5.32 Å². The van der Waals surface area contributed by atoms with Gasteiger partial charge in [0.05, 0.1) is 11.6 Å². The molecule has 8 heteroatoms. The minimum absolute atomic E-state index is 0.0668. The summed E-state index contributed by atoms with van der Waals surface area (Å²) in [6.45, 7) is 4.71. The maximum absolute atomic E-state index is 13.0. The number of nitrogens with one attached hydrogen (secondary N) is 1. The minimum atomic E-state index is -4.42. The van der Waals surface area contributed by atoms with Gasteiger partial charge in [0.1, 0.15) is 0 Å². The Morgan fingerprint density at radius 3 is 2.29 bits per heavy atom.